The van der Waals surface area contributed by atoms with Crippen molar-refractivity contribution in [2.24, 2.45) is 29.6 Å². The van der Waals surface area contributed by atoms with Crippen LogP contribution in [0, 0.1) is 29.6 Å². The second kappa shape index (κ2) is 9.76. The number of amides is 1. The minimum Gasteiger partial charge on any atom is -0.338 e. The first kappa shape index (κ1) is 25.4. The highest BCUT2D eigenvalue weighted by molar-refractivity contribution is 7.90. The first-order chi connectivity index (χ1) is 15.6. The lowest BCUT2D eigenvalue weighted by Gasteiger charge is -2.51. The summed E-state index contributed by atoms with van der Waals surface area (Å²) in [5.41, 5.74) is 0. The van der Waals surface area contributed by atoms with Crippen molar-refractivity contribution in [2.75, 3.05) is 44.2 Å². The number of carbonyl (C=O) groups excluding carboxylic acids is 1. The first-order valence-corrected chi connectivity index (χ1v) is 13.2. The molecule has 1 amide bonds. The van der Waals surface area contributed by atoms with Crippen molar-refractivity contribution in [2.45, 2.75) is 18.1 Å². The van der Waals surface area contributed by atoms with Gasteiger partial charge in [0.2, 0.25) is 21.9 Å². The number of hydrogen-bond acceptors (Lipinski definition) is 7. The molecule has 2 bridgehead atoms. The highest BCUT2D eigenvalue weighted by atomic mass is 35.5. The van der Waals surface area contributed by atoms with E-state index in [9.17, 15) is 13.2 Å². The van der Waals surface area contributed by atoms with Crippen LogP contribution in [0.15, 0.2) is 42.8 Å². The summed E-state index contributed by atoms with van der Waals surface area (Å²) in [6.45, 7) is 4.88. The standard InChI is InChI=1S/C23H29N5O3S.2ClH/c29-22-20-18-6-7-19(17-5-4-16(17)18)21(20)32(30,31)28(22)11-2-1-10-26-12-14-27(15-13-26)23-24-8-3-9-25-23;;/h3-9,16-21H,1-2,10-15H2;2*1H. The third-order valence-electron chi connectivity index (χ3n) is 8.07. The number of unbranched alkanes of at least 4 members (excludes halogenated alkanes) is 1. The van der Waals surface area contributed by atoms with Gasteiger partial charge in [-0.05, 0) is 43.2 Å². The summed E-state index contributed by atoms with van der Waals surface area (Å²) in [5.74, 6) is 0.901. The summed E-state index contributed by atoms with van der Waals surface area (Å²) in [5, 5.41) is -0.551. The zero-order valence-corrected chi connectivity index (χ0v) is 21.3. The van der Waals surface area contributed by atoms with Gasteiger partial charge in [0.1, 0.15) is 0 Å². The van der Waals surface area contributed by atoms with Gasteiger partial charge in [-0.2, -0.15) is 0 Å². The molecule has 1 aromatic heterocycles. The molecule has 0 radical (unpaired) electrons. The van der Waals surface area contributed by atoms with Gasteiger partial charge in [-0.1, -0.05) is 24.3 Å². The molecule has 6 atom stereocenters. The van der Waals surface area contributed by atoms with E-state index in [1.165, 1.54) is 4.31 Å². The number of anilines is 1. The number of allylic oxidation sites excluding steroid dienone is 4. The number of nitrogens with zero attached hydrogens (tertiary/aromatic N) is 5. The SMILES string of the molecule is Cl.Cl.O=C1C2C3C=CC(C4C=CC43)C2S(=O)(=O)N1CCCCN1CCN(c2ncccn2)CC1. The van der Waals surface area contributed by atoms with Gasteiger partial charge < -0.3 is 4.90 Å². The molecule has 8 nitrogen and oxygen atoms in total. The van der Waals surface area contributed by atoms with Crippen LogP contribution in [-0.4, -0.2) is 78.0 Å². The summed E-state index contributed by atoms with van der Waals surface area (Å²) in [4.78, 5) is 26.4. The minimum atomic E-state index is -3.57. The van der Waals surface area contributed by atoms with Gasteiger partial charge in [0, 0.05) is 51.0 Å². The van der Waals surface area contributed by atoms with Crippen LogP contribution < -0.4 is 4.90 Å². The lowest BCUT2D eigenvalue weighted by Crippen LogP contribution is -2.53. The maximum atomic E-state index is 13.3. The van der Waals surface area contributed by atoms with E-state index >= 15 is 0 Å². The fourth-order valence-corrected chi connectivity index (χ4v) is 8.77. The average molecular weight is 529 g/mol. The number of halogens is 2. The molecular weight excluding hydrogens is 497 g/mol. The fraction of sp³-hybridized carbons (Fsp3) is 0.609. The first-order valence-electron chi connectivity index (χ1n) is 11.7. The molecule has 6 unspecified atom stereocenters. The zero-order chi connectivity index (χ0) is 21.9. The summed E-state index contributed by atoms with van der Waals surface area (Å²) in [6.07, 6.45) is 13.6. The van der Waals surface area contributed by atoms with Gasteiger partial charge >= 0.3 is 0 Å². The van der Waals surface area contributed by atoms with E-state index in [4.69, 9.17) is 0 Å². The number of hydrogen-bond donors (Lipinski definition) is 0. The van der Waals surface area contributed by atoms with Crippen molar-refractivity contribution >= 4 is 46.7 Å². The predicted molar refractivity (Wildman–Crippen MR) is 135 cm³/mol. The quantitative estimate of drug-likeness (QED) is 0.413. The topological polar surface area (TPSA) is 86.7 Å². The number of aromatic nitrogens is 2. The molecule has 0 spiro atoms. The molecule has 11 heteroatoms. The predicted octanol–water partition coefficient (Wildman–Crippen LogP) is 2.00. The van der Waals surface area contributed by atoms with E-state index in [2.05, 4.69) is 44.1 Å². The van der Waals surface area contributed by atoms with E-state index in [-0.39, 0.29) is 48.5 Å². The minimum absolute atomic E-state index is 0. The molecule has 0 N–H and O–H groups in total. The maximum Gasteiger partial charge on any atom is 0.241 e. The van der Waals surface area contributed by atoms with Crippen LogP contribution in [0.1, 0.15) is 12.8 Å². The molecule has 7 rings (SSSR count). The molecule has 3 heterocycles. The van der Waals surface area contributed by atoms with Crippen LogP contribution >= 0.6 is 24.8 Å². The zero-order valence-electron chi connectivity index (χ0n) is 18.8. The highest BCUT2D eigenvalue weighted by Crippen LogP contribution is 2.58. The smallest absolute Gasteiger partial charge is 0.241 e. The largest absolute Gasteiger partial charge is 0.338 e. The molecule has 6 aliphatic rings. The van der Waals surface area contributed by atoms with Gasteiger partial charge in [-0.15, -0.1) is 24.8 Å². The molecule has 2 aliphatic heterocycles. The molecule has 1 aromatic rings. The van der Waals surface area contributed by atoms with Gasteiger partial charge in [-0.3, -0.25) is 9.69 Å². The summed E-state index contributed by atoms with van der Waals surface area (Å²) >= 11 is 0. The van der Waals surface area contributed by atoms with Gasteiger partial charge in [0.15, 0.2) is 0 Å². The Morgan fingerprint density at radius 3 is 2.09 bits per heavy atom. The summed E-state index contributed by atoms with van der Waals surface area (Å²) in [6, 6.07) is 1.82. The Labute approximate surface area is 213 Å². The maximum absolute atomic E-state index is 13.3. The van der Waals surface area contributed by atoms with E-state index < -0.39 is 15.3 Å². The molecule has 4 aliphatic carbocycles. The van der Waals surface area contributed by atoms with Crippen LogP contribution in [0.5, 0.6) is 0 Å². The van der Waals surface area contributed by atoms with Gasteiger partial charge in [0.25, 0.3) is 0 Å². The van der Waals surface area contributed by atoms with E-state index in [0.717, 1.165) is 45.1 Å². The van der Waals surface area contributed by atoms with E-state index in [1.54, 1.807) is 12.4 Å². The average Bonchev–Trinajstić information content (AvgIpc) is 2.99. The van der Waals surface area contributed by atoms with Crippen molar-refractivity contribution in [1.29, 1.82) is 0 Å². The van der Waals surface area contributed by atoms with Crippen molar-refractivity contribution in [3.05, 3.63) is 42.8 Å². The molecule has 186 valence electrons. The van der Waals surface area contributed by atoms with E-state index in [1.807, 2.05) is 6.07 Å². The second-order valence-electron chi connectivity index (χ2n) is 9.61. The highest BCUT2D eigenvalue weighted by Gasteiger charge is 2.65. The third-order valence-corrected chi connectivity index (χ3v) is 10.3. The third kappa shape index (κ3) is 3.94. The Morgan fingerprint density at radius 1 is 0.824 bits per heavy atom. The Balaban J connectivity index is 0.00000137. The fourth-order valence-electron chi connectivity index (χ4n) is 6.38. The molecular formula is C23H31Cl2N5O3S. The molecule has 3 fully saturated rings. The lowest BCUT2D eigenvalue weighted by atomic mass is 9.53. The lowest BCUT2D eigenvalue weighted by molar-refractivity contribution is -0.132. The van der Waals surface area contributed by atoms with Crippen molar-refractivity contribution < 1.29 is 13.2 Å². The molecule has 34 heavy (non-hydrogen) atoms. The van der Waals surface area contributed by atoms with Crippen molar-refractivity contribution in [3.63, 3.8) is 0 Å². The Morgan fingerprint density at radius 2 is 1.41 bits per heavy atom. The number of sulfonamides is 1. The van der Waals surface area contributed by atoms with Gasteiger partial charge in [0.05, 0.1) is 11.2 Å². The van der Waals surface area contributed by atoms with Crippen LogP contribution in [0.25, 0.3) is 0 Å². The molecule has 0 aromatic carbocycles. The monoisotopic (exact) mass is 527 g/mol. The van der Waals surface area contributed by atoms with E-state index in [0.29, 0.717) is 24.8 Å². The van der Waals surface area contributed by atoms with Crippen molar-refractivity contribution in [3.8, 4) is 0 Å². The Bertz CT molecular complexity index is 1060. The van der Waals surface area contributed by atoms with Crippen LogP contribution in [0.2, 0.25) is 0 Å². The summed E-state index contributed by atoms with van der Waals surface area (Å²) < 4.78 is 27.8. The Hall–Kier alpha value is -1.68. The van der Waals surface area contributed by atoms with Crippen LogP contribution in [0.4, 0.5) is 5.95 Å². The number of carbonyl (C=O) groups is 1. The molecule has 2 saturated heterocycles. The number of rotatable bonds is 6. The van der Waals surface area contributed by atoms with Crippen LogP contribution in [-0.2, 0) is 14.8 Å². The normalized spacial score (nSPS) is 34.6. The van der Waals surface area contributed by atoms with Gasteiger partial charge in [-0.25, -0.2) is 22.7 Å². The second-order valence-corrected chi connectivity index (χ2v) is 11.6. The Kier molecular flexibility index (Phi) is 7.29. The molecule has 1 saturated carbocycles. The summed E-state index contributed by atoms with van der Waals surface area (Å²) in [7, 11) is -3.57. The van der Waals surface area contributed by atoms with Crippen molar-refractivity contribution in [1.82, 2.24) is 19.2 Å². The van der Waals surface area contributed by atoms with Crippen LogP contribution in [0.3, 0.4) is 0 Å². The number of piperazine rings is 1.